The summed E-state index contributed by atoms with van der Waals surface area (Å²) in [5.41, 5.74) is 1.48. The summed E-state index contributed by atoms with van der Waals surface area (Å²) in [5.74, 6) is 1.66. The van der Waals surface area contributed by atoms with Gasteiger partial charge >= 0.3 is 0 Å². The number of benzene rings is 1. The molecule has 0 bridgehead atoms. The van der Waals surface area contributed by atoms with Gasteiger partial charge in [0.2, 0.25) is 0 Å². The number of rotatable bonds is 3. The first-order valence-corrected chi connectivity index (χ1v) is 5.50. The summed E-state index contributed by atoms with van der Waals surface area (Å²) in [6.45, 7) is 1.15. The molecular weight excluding hydrogens is 226 g/mol. The molecule has 13 heavy (non-hydrogen) atoms. The highest BCUT2D eigenvalue weighted by molar-refractivity contribution is 9.10. The zero-order valence-electron chi connectivity index (χ0n) is 7.76. The second-order valence-electron chi connectivity index (χ2n) is 3.71. The van der Waals surface area contributed by atoms with Crippen molar-refractivity contribution in [2.45, 2.75) is 12.3 Å². The van der Waals surface area contributed by atoms with Crippen LogP contribution in [0.3, 0.4) is 0 Å². The Morgan fingerprint density at radius 1 is 1.54 bits per heavy atom. The third-order valence-corrected chi connectivity index (χ3v) is 3.16. The lowest BCUT2D eigenvalue weighted by Gasteiger charge is -2.00. The maximum absolute atomic E-state index is 3.50. The molecule has 1 aliphatic rings. The summed E-state index contributed by atoms with van der Waals surface area (Å²) >= 11 is 3.50. The van der Waals surface area contributed by atoms with E-state index in [9.17, 15) is 0 Å². The molecule has 1 aromatic rings. The molecule has 1 saturated carbocycles. The minimum atomic E-state index is 0.796. The van der Waals surface area contributed by atoms with Crippen LogP contribution in [0.2, 0.25) is 0 Å². The first-order chi connectivity index (χ1) is 6.31. The van der Waals surface area contributed by atoms with Crippen molar-refractivity contribution in [3.05, 3.63) is 34.3 Å². The molecular formula is C11H14BrN. The third kappa shape index (κ3) is 2.12. The van der Waals surface area contributed by atoms with E-state index in [-0.39, 0.29) is 0 Å². The lowest BCUT2D eigenvalue weighted by atomic mass is 10.1. The minimum absolute atomic E-state index is 0.796. The van der Waals surface area contributed by atoms with Gasteiger partial charge in [-0.1, -0.05) is 28.1 Å². The smallest absolute Gasteiger partial charge is 0.0178 e. The molecule has 0 aliphatic heterocycles. The Kier molecular flexibility index (Phi) is 2.70. The fraction of sp³-hybridized carbons (Fsp3) is 0.455. The van der Waals surface area contributed by atoms with E-state index in [0.717, 1.165) is 18.4 Å². The maximum Gasteiger partial charge on any atom is 0.0178 e. The monoisotopic (exact) mass is 239 g/mol. The van der Waals surface area contributed by atoms with E-state index >= 15 is 0 Å². The highest BCUT2D eigenvalue weighted by Crippen LogP contribution is 2.47. The fourth-order valence-electron chi connectivity index (χ4n) is 1.88. The average Bonchev–Trinajstić information content (AvgIpc) is 2.85. The van der Waals surface area contributed by atoms with Crippen molar-refractivity contribution in [2.75, 3.05) is 13.6 Å². The van der Waals surface area contributed by atoms with Crippen LogP contribution < -0.4 is 5.32 Å². The molecule has 1 aliphatic carbocycles. The molecule has 0 saturated heterocycles. The molecule has 0 spiro atoms. The third-order valence-electron chi connectivity index (χ3n) is 2.67. The first-order valence-electron chi connectivity index (χ1n) is 4.71. The van der Waals surface area contributed by atoms with Crippen LogP contribution in [0.5, 0.6) is 0 Å². The van der Waals surface area contributed by atoms with Crippen LogP contribution in [0.4, 0.5) is 0 Å². The van der Waals surface area contributed by atoms with Crippen LogP contribution in [-0.2, 0) is 0 Å². The van der Waals surface area contributed by atoms with Gasteiger partial charge in [-0.25, -0.2) is 0 Å². The van der Waals surface area contributed by atoms with Gasteiger partial charge in [-0.2, -0.15) is 0 Å². The standard InChI is InChI=1S/C11H14BrN/c1-13-7-9-6-11(9)8-3-2-4-10(12)5-8/h2-5,9,11,13H,6-7H2,1H3/t9-,11-/m0/s1. The Labute approximate surface area is 87.7 Å². The van der Waals surface area contributed by atoms with Crippen molar-refractivity contribution >= 4 is 15.9 Å². The molecule has 2 heteroatoms. The van der Waals surface area contributed by atoms with E-state index in [4.69, 9.17) is 0 Å². The van der Waals surface area contributed by atoms with Gasteiger partial charge < -0.3 is 5.32 Å². The summed E-state index contributed by atoms with van der Waals surface area (Å²) in [7, 11) is 2.02. The molecule has 1 N–H and O–H groups in total. The summed E-state index contributed by atoms with van der Waals surface area (Å²) in [4.78, 5) is 0. The molecule has 70 valence electrons. The summed E-state index contributed by atoms with van der Waals surface area (Å²) in [6, 6.07) is 8.67. The van der Waals surface area contributed by atoms with Gasteiger partial charge in [0.25, 0.3) is 0 Å². The molecule has 1 aromatic carbocycles. The molecule has 1 fully saturated rings. The predicted octanol–water partition coefficient (Wildman–Crippen LogP) is 2.77. The number of halogens is 1. The highest BCUT2D eigenvalue weighted by Gasteiger charge is 2.37. The van der Waals surface area contributed by atoms with Crippen molar-refractivity contribution in [3.63, 3.8) is 0 Å². The summed E-state index contributed by atoms with van der Waals surface area (Å²) in [6.07, 6.45) is 1.34. The van der Waals surface area contributed by atoms with E-state index in [1.54, 1.807) is 0 Å². The normalized spacial score (nSPS) is 26.0. The van der Waals surface area contributed by atoms with Crippen LogP contribution >= 0.6 is 15.9 Å². The fourth-order valence-corrected chi connectivity index (χ4v) is 2.30. The Balaban J connectivity index is 2.03. The second kappa shape index (κ2) is 3.81. The van der Waals surface area contributed by atoms with Crippen molar-refractivity contribution < 1.29 is 0 Å². The van der Waals surface area contributed by atoms with Crippen molar-refractivity contribution in [1.82, 2.24) is 5.32 Å². The molecule has 2 atom stereocenters. The summed E-state index contributed by atoms with van der Waals surface area (Å²) < 4.78 is 1.19. The van der Waals surface area contributed by atoms with E-state index in [2.05, 4.69) is 45.5 Å². The Morgan fingerprint density at radius 2 is 2.38 bits per heavy atom. The van der Waals surface area contributed by atoms with Crippen molar-refractivity contribution in [1.29, 1.82) is 0 Å². The van der Waals surface area contributed by atoms with Gasteiger partial charge in [0.05, 0.1) is 0 Å². The van der Waals surface area contributed by atoms with Gasteiger partial charge in [-0.3, -0.25) is 0 Å². The van der Waals surface area contributed by atoms with E-state index in [1.807, 2.05) is 7.05 Å². The van der Waals surface area contributed by atoms with E-state index in [1.165, 1.54) is 16.5 Å². The SMILES string of the molecule is CNC[C@@H]1C[C@H]1c1cccc(Br)c1. The van der Waals surface area contributed by atoms with Gasteiger partial charge in [-0.05, 0) is 49.5 Å². The highest BCUT2D eigenvalue weighted by atomic mass is 79.9. The van der Waals surface area contributed by atoms with Crippen LogP contribution in [0.15, 0.2) is 28.7 Å². The summed E-state index contributed by atoms with van der Waals surface area (Å²) in [5, 5.41) is 3.23. The molecule has 0 aromatic heterocycles. The lowest BCUT2D eigenvalue weighted by molar-refractivity contribution is 0.698. The lowest BCUT2D eigenvalue weighted by Crippen LogP contribution is -2.10. The number of nitrogens with one attached hydrogen (secondary N) is 1. The van der Waals surface area contributed by atoms with Gasteiger partial charge in [0.1, 0.15) is 0 Å². The van der Waals surface area contributed by atoms with Gasteiger partial charge in [0, 0.05) is 4.47 Å². The van der Waals surface area contributed by atoms with Crippen LogP contribution in [0, 0.1) is 5.92 Å². The molecule has 1 nitrogen and oxygen atoms in total. The molecule has 0 unspecified atom stereocenters. The predicted molar refractivity (Wildman–Crippen MR) is 58.9 cm³/mol. The molecule has 0 radical (unpaired) electrons. The van der Waals surface area contributed by atoms with Crippen LogP contribution in [0.1, 0.15) is 17.9 Å². The topological polar surface area (TPSA) is 12.0 Å². The van der Waals surface area contributed by atoms with Crippen molar-refractivity contribution in [3.8, 4) is 0 Å². The van der Waals surface area contributed by atoms with Crippen LogP contribution in [-0.4, -0.2) is 13.6 Å². The van der Waals surface area contributed by atoms with Crippen molar-refractivity contribution in [2.24, 2.45) is 5.92 Å². The van der Waals surface area contributed by atoms with E-state index < -0.39 is 0 Å². The largest absolute Gasteiger partial charge is 0.319 e. The zero-order valence-corrected chi connectivity index (χ0v) is 9.34. The average molecular weight is 240 g/mol. The number of hydrogen-bond donors (Lipinski definition) is 1. The van der Waals surface area contributed by atoms with E-state index in [0.29, 0.717) is 0 Å². The Bertz CT molecular complexity index is 298. The first kappa shape index (κ1) is 9.22. The van der Waals surface area contributed by atoms with Gasteiger partial charge in [-0.15, -0.1) is 0 Å². The molecule has 0 heterocycles. The Morgan fingerprint density at radius 3 is 3.08 bits per heavy atom. The zero-order chi connectivity index (χ0) is 9.26. The minimum Gasteiger partial charge on any atom is -0.319 e. The second-order valence-corrected chi connectivity index (χ2v) is 4.63. The van der Waals surface area contributed by atoms with Gasteiger partial charge in [0.15, 0.2) is 0 Å². The number of hydrogen-bond acceptors (Lipinski definition) is 1. The molecule has 2 rings (SSSR count). The van der Waals surface area contributed by atoms with Crippen LogP contribution in [0.25, 0.3) is 0 Å². The Hall–Kier alpha value is -0.340. The molecule has 0 amide bonds. The quantitative estimate of drug-likeness (QED) is 0.856. The maximum atomic E-state index is 3.50.